The maximum atomic E-state index is 13.1. The van der Waals surface area contributed by atoms with Crippen LogP contribution in [0.2, 0.25) is 0 Å². The Morgan fingerprint density at radius 2 is 1.84 bits per heavy atom. The molecule has 0 unspecified atom stereocenters. The lowest BCUT2D eigenvalue weighted by atomic mass is 10.1. The zero-order chi connectivity index (χ0) is 23.3. The zero-order valence-corrected chi connectivity index (χ0v) is 18.5. The van der Waals surface area contributed by atoms with E-state index in [2.05, 4.69) is 5.32 Å². The van der Waals surface area contributed by atoms with Crippen LogP contribution in [0.4, 0.5) is 15.8 Å². The number of nitrogens with zero attached hydrogens (tertiary/aromatic N) is 3. The van der Waals surface area contributed by atoms with Crippen LogP contribution >= 0.6 is 0 Å². The van der Waals surface area contributed by atoms with Gasteiger partial charge in [0.2, 0.25) is 15.9 Å². The molecule has 3 rings (SSSR count). The first-order chi connectivity index (χ1) is 15.2. The van der Waals surface area contributed by atoms with Gasteiger partial charge in [0.05, 0.1) is 15.5 Å². The Kier molecular flexibility index (Phi) is 7.54. The predicted octanol–water partition coefficient (Wildman–Crippen LogP) is 2.77. The molecular formula is C21H25FN4O5S. The SMILES string of the molecule is Cc1ccc([N+](=O)[O-])cc1NC(=O)CCN1CCCN(S(=O)(=O)c2ccc(F)cc2)CC1. The standard InChI is InChI=1S/C21H25FN4O5S/c1-16-3-6-18(26(28)29)15-20(16)23-21(27)9-12-24-10-2-11-25(14-13-24)32(30,31)19-7-4-17(22)5-8-19/h3-8,15H,2,9-14H2,1H3,(H,23,27). The van der Waals surface area contributed by atoms with Crippen LogP contribution < -0.4 is 5.32 Å². The highest BCUT2D eigenvalue weighted by Crippen LogP contribution is 2.22. The summed E-state index contributed by atoms with van der Waals surface area (Å²) in [5.41, 5.74) is 1.03. The largest absolute Gasteiger partial charge is 0.326 e. The second kappa shape index (κ2) is 10.2. The first-order valence-corrected chi connectivity index (χ1v) is 11.6. The van der Waals surface area contributed by atoms with E-state index in [1.54, 1.807) is 13.0 Å². The third kappa shape index (κ3) is 5.87. The average Bonchev–Trinajstić information content (AvgIpc) is 3.00. The van der Waals surface area contributed by atoms with Gasteiger partial charge in [-0.2, -0.15) is 4.31 Å². The Hall–Kier alpha value is -2.89. The molecule has 1 amide bonds. The third-order valence-corrected chi connectivity index (χ3v) is 7.27. The molecule has 0 aromatic heterocycles. The van der Waals surface area contributed by atoms with Gasteiger partial charge in [0.1, 0.15) is 5.82 Å². The molecule has 172 valence electrons. The van der Waals surface area contributed by atoms with Gasteiger partial charge in [-0.05, 0) is 49.7 Å². The number of benzene rings is 2. The number of anilines is 1. The van der Waals surface area contributed by atoms with E-state index >= 15 is 0 Å². The molecular weight excluding hydrogens is 439 g/mol. The second-order valence-corrected chi connectivity index (χ2v) is 9.55. The van der Waals surface area contributed by atoms with Crippen molar-refractivity contribution in [2.75, 3.05) is 38.0 Å². The Balaban J connectivity index is 1.54. The molecule has 1 heterocycles. The van der Waals surface area contributed by atoms with E-state index in [4.69, 9.17) is 0 Å². The lowest BCUT2D eigenvalue weighted by Crippen LogP contribution is -2.36. The van der Waals surface area contributed by atoms with Gasteiger partial charge in [-0.1, -0.05) is 6.07 Å². The number of hydrogen-bond acceptors (Lipinski definition) is 6. The van der Waals surface area contributed by atoms with Crippen molar-refractivity contribution in [3.63, 3.8) is 0 Å². The number of hydrogen-bond donors (Lipinski definition) is 1. The predicted molar refractivity (Wildman–Crippen MR) is 117 cm³/mol. The van der Waals surface area contributed by atoms with E-state index in [0.717, 1.165) is 17.7 Å². The van der Waals surface area contributed by atoms with Crippen LogP contribution in [0, 0.1) is 22.9 Å². The fraction of sp³-hybridized carbons (Fsp3) is 0.381. The number of nitro groups is 1. The first kappa shape index (κ1) is 23.8. The fourth-order valence-electron chi connectivity index (χ4n) is 3.50. The number of non-ortho nitro benzene ring substituents is 1. The summed E-state index contributed by atoms with van der Waals surface area (Å²) in [6.07, 6.45) is 0.777. The van der Waals surface area contributed by atoms with E-state index in [0.29, 0.717) is 38.3 Å². The molecule has 1 N–H and O–H groups in total. The summed E-state index contributed by atoms with van der Waals surface area (Å²) in [6.45, 7) is 3.90. The maximum Gasteiger partial charge on any atom is 0.271 e. The summed E-state index contributed by atoms with van der Waals surface area (Å²) in [7, 11) is -3.71. The summed E-state index contributed by atoms with van der Waals surface area (Å²) in [5, 5.41) is 13.7. The van der Waals surface area contributed by atoms with Gasteiger partial charge in [-0.3, -0.25) is 14.9 Å². The number of nitro benzene ring substituents is 1. The molecule has 0 saturated carbocycles. The molecule has 11 heteroatoms. The summed E-state index contributed by atoms with van der Waals surface area (Å²) in [5.74, 6) is -0.766. The molecule has 2 aromatic carbocycles. The van der Waals surface area contributed by atoms with Crippen LogP contribution in [0.1, 0.15) is 18.4 Å². The summed E-state index contributed by atoms with van der Waals surface area (Å²) >= 11 is 0. The molecule has 0 spiro atoms. The van der Waals surface area contributed by atoms with E-state index in [1.165, 1.54) is 28.6 Å². The van der Waals surface area contributed by atoms with Crippen molar-refractivity contribution >= 4 is 27.3 Å². The van der Waals surface area contributed by atoms with E-state index in [9.17, 15) is 27.7 Å². The molecule has 1 fully saturated rings. The zero-order valence-electron chi connectivity index (χ0n) is 17.7. The third-order valence-electron chi connectivity index (χ3n) is 5.36. The topological polar surface area (TPSA) is 113 Å². The number of halogens is 1. The quantitative estimate of drug-likeness (QED) is 0.498. The number of carbonyl (C=O) groups excluding carboxylic acids is 1. The van der Waals surface area contributed by atoms with Gasteiger partial charge in [-0.15, -0.1) is 0 Å². The monoisotopic (exact) mass is 464 g/mol. The van der Waals surface area contributed by atoms with Crippen molar-refractivity contribution in [2.45, 2.75) is 24.7 Å². The summed E-state index contributed by atoms with van der Waals surface area (Å²) in [4.78, 5) is 24.9. The van der Waals surface area contributed by atoms with Crippen LogP contribution in [0.15, 0.2) is 47.4 Å². The lowest BCUT2D eigenvalue weighted by Gasteiger charge is -2.21. The molecule has 0 radical (unpaired) electrons. The normalized spacial score (nSPS) is 15.8. The first-order valence-electron chi connectivity index (χ1n) is 10.2. The van der Waals surface area contributed by atoms with Gasteiger partial charge < -0.3 is 10.2 Å². The Labute approximate surface area is 186 Å². The molecule has 9 nitrogen and oxygen atoms in total. The Bertz CT molecular complexity index is 1090. The van der Waals surface area contributed by atoms with Crippen molar-refractivity contribution in [1.29, 1.82) is 0 Å². The highest BCUT2D eigenvalue weighted by Gasteiger charge is 2.27. The number of aryl methyl sites for hydroxylation is 1. The molecule has 0 aliphatic carbocycles. The molecule has 1 aliphatic rings. The fourth-order valence-corrected chi connectivity index (χ4v) is 4.97. The Morgan fingerprint density at radius 1 is 1.12 bits per heavy atom. The van der Waals surface area contributed by atoms with Crippen LogP contribution in [-0.4, -0.2) is 61.2 Å². The van der Waals surface area contributed by atoms with Gasteiger partial charge in [0.15, 0.2) is 0 Å². The van der Waals surface area contributed by atoms with Crippen molar-refractivity contribution in [3.05, 3.63) is 64.0 Å². The molecule has 2 aromatic rings. The minimum absolute atomic E-state index is 0.0547. The van der Waals surface area contributed by atoms with Crippen molar-refractivity contribution in [3.8, 4) is 0 Å². The van der Waals surface area contributed by atoms with E-state index in [-0.39, 0.29) is 29.5 Å². The molecule has 32 heavy (non-hydrogen) atoms. The van der Waals surface area contributed by atoms with Crippen molar-refractivity contribution in [1.82, 2.24) is 9.21 Å². The van der Waals surface area contributed by atoms with Crippen molar-refractivity contribution in [2.24, 2.45) is 0 Å². The maximum absolute atomic E-state index is 13.1. The van der Waals surface area contributed by atoms with Crippen LogP contribution in [-0.2, 0) is 14.8 Å². The number of nitrogens with one attached hydrogen (secondary N) is 1. The molecule has 1 aliphatic heterocycles. The molecule has 1 saturated heterocycles. The highest BCUT2D eigenvalue weighted by atomic mass is 32.2. The lowest BCUT2D eigenvalue weighted by molar-refractivity contribution is -0.384. The van der Waals surface area contributed by atoms with Gasteiger partial charge in [0.25, 0.3) is 5.69 Å². The summed E-state index contributed by atoms with van der Waals surface area (Å²) < 4.78 is 40.1. The van der Waals surface area contributed by atoms with Gasteiger partial charge in [0, 0.05) is 44.7 Å². The number of amides is 1. The van der Waals surface area contributed by atoms with E-state index < -0.39 is 20.8 Å². The second-order valence-electron chi connectivity index (χ2n) is 7.61. The smallest absolute Gasteiger partial charge is 0.271 e. The number of rotatable bonds is 7. The molecule has 0 bridgehead atoms. The average molecular weight is 465 g/mol. The van der Waals surface area contributed by atoms with Gasteiger partial charge >= 0.3 is 0 Å². The summed E-state index contributed by atoms with van der Waals surface area (Å²) in [6, 6.07) is 9.06. The van der Waals surface area contributed by atoms with Crippen LogP contribution in [0.3, 0.4) is 0 Å². The highest BCUT2D eigenvalue weighted by molar-refractivity contribution is 7.89. The number of carbonyl (C=O) groups is 1. The van der Waals surface area contributed by atoms with Crippen LogP contribution in [0.5, 0.6) is 0 Å². The minimum Gasteiger partial charge on any atom is -0.326 e. The van der Waals surface area contributed by atoms with Crippen molar-refractivity contribution < 1.29 is 22.5 Å². The van der Waals surface area contributed by atoms with Crippen LogP contribution in [0.25, 0.3) is 0 Å². The minimum atomic E-state index is -3.71. The molecule has 0 atom stereocenters. The Morgan fingerprint density at radius 3 is 2.53 bits per heavy atom. The number of sulfonamides is 1. The van der Waals surface area contributed by atoms with Gasteiger partial charge in [-0.25, -0.2) is 12.8 Å². The van der Waals surface area contributed by atoms with E-state index in [1.807, 2.05) is 4.90 Å².